The highest BCUT2D eigenvalue weighted by Gasteiger charge is 2.31. The van der Waals surface area contributed by atoms with Gasteiger partial charge in [0.2, 0.25) is 0 Å². The van der Waals surface area contributed by atoms with Crippen LogP contribution in [0.15, 0.2) is 53.5 Å². The Labute approximate surface area is 151 Å². The number of thioether (sulfide) groups is 1. The van der Waals surface area contributed by atoms with Gasteiger partial charge in [0.05, 0.1) is 11.3 Å². The summed E-state index contributed by atoms with van der Waals surface area (Å²) in [5.74, 6) is -0.260. The quantitative estimate of drug-likeness (QED) is 0.676. The summed E-state index contributed by atoms with van der Waals surface area (Å²) in [6, 6.07) is 9.91. The van der Waals surface area contributed by atoms with Gasteiger partial charge in [-0.1, -0.05) is 23.9 Å². The molecule has 0 unspecified atom stereocenters. The molecule has 1 amide bonds. The van der Waals surface area contributed by atoms with E-state index < -0.39 is 23.5 Å². The van der Waals surface area contributed by atoms with Crippen LogP contribution in [0.3, 0.4) is 0 Å². The lowest BCUT2D eigenvalue weighted by molar-refractivity contribution is -0.137. The van der Waals surface area contributed by atoms with Crippen molar-refractivity contribution >= 4 is 28.5 Å². The van der Waals surface area contributed by atoms with Crippen molar-refractivity contribution in [2.24, 2.45) is 4.99 Å². The Morgan fingerprint density at radius 2 is 1.88 bits per heavy atom. The van der Waals surface area contributed by atoms with Crippen molar-refractivity contribution < 1.29 is 22.4 Å². The molecule has 1 aliphatic rings. The molecule has 0 aliphatic carbocycles. The first-order chi connectivity index (χ1) is 12.3. The minimum atomic E-state index is -4.47. The number of benzene rings is 2. The minimum absolute atomic E-state index is 0.112. The monoisotopic (exact) mass is 382 g/mol. The van der Waals surface area contributed by atoms with E-state index in [2.05, 4.69) is 4.99 Å². The molecule has 8 heteroatoms. The molecule has 0 atom stereocenters. The third-order valence-electron chi connectivity index (χ3n) is 3.70. The zero-order valence-corrected chi connectivity index (χ0v) is 14.3. The fraction of sp³-hybridized carbons (Fsp3) is 0.222. The lowest BCUT2D eigenvalue weighted by Crippen LogP contribution is -2.39. The summed E-state index contributed by atoms with van der Waals surface area (Å²) in [5.41, 5.74) is -0.520. The van der Waals surface area contributed by atoms with Gasteiger partial charge in [0, 0.05) is 17.9 Å². The molecular weight excluding hydrogens is 368 g/mol. The normalized spacial score (nSPS) is 16.8. The number of nitrogens with zero attached hydrogens (tertiary/aromatic N) is 2. The van der Waals surface area contributed by atoms with Crippen LogP contribution in [0.2, 0.25) is 0 Å². The summed E-state index contributed by atoms with van der Waals surface area (Å²) in [6.07, 6.45) is -3.75. The van der Waals surface area contributed by atoms with Crippen molar-refractivity contribution in [2.75, 3.05) is 12.3 Å². The fourth-order valence-electron chi connectivity index (χ4n) is 2.48. The number of carbonyl (C=O) groups is 1. The van der Waals surface area contributed by atoms with Crippen molar-refractivity contribution in [3.63, 3.8) is 0 Å². The molecule has 26 heavy (non-hydrogen) atoms. The second-order valence-corrected chi connectivity index (χ2v) is 6.67. The van der Waals surface area contributed by atoms with Crippen molar-refractivity contribution in [1.82, 2.24) is 4.90 Å². The Balaban J connectivity index is 1.92. The summed E-state index contributed by atoms with van der Waals surface area (Å²) in [5, 5.41) is 0.310. The minimum Gasteiger partial charge on any atom is -0.287 e. The Morgan fingerprint density at radius 3 is 2.62 bits per heavy atom. The largest absolute Gasteiger partial charge is 0.416 e. The summed E-state index contributed by atoms with van der Waals surface area (Å²) < 4.78 is 52.0. The number of rotatable bonds is 2. The molecule has 1 fully saturated rings. The average molecular weight is 382 g/mol. The SMILES string of the molecule is O=C(c1cccc(F)c1)N1CCCSC1=Nc1cccc(C(F)(F)F)c1. The third-order valence-corrected chi connectivity index (χ3v) is 4.77. The van der Waals surface area contributed by atoms with Crippen LogP contribution in [0.4, 0.5) is 23.2 Å². The standard InChI is InChI=1S/C18H14F4N2OS/c19-14-6-1-4-12(10-14)16(25)24-8-3-9-26-17(24)23-15-7-2-5-13(11-15)18(20,21)22/h1-2,4-7,10-11H,3,8-9H2. The lowest BCUT2D eigenvalue weighted by atomic mass is 10.2. The first-order valence-corrected chi connectivity index (χ1v) is 8.79. The second-order valence-electron chi connectivity index (χ2n) is 5.61. The number of halogens is 4. The number of aliphatic imine (C=N–C) groups is 1. The van der Waals surface area contributed by atoms with Gasteiger partial charge in [-0.25, -0.2) is 9.38 Å². The Bertz CT molecular complexity index is 851. The molecule has 0 saturated carbocycles. The maximum Gasteiger partial charge on any atom is 0.416 e. The number of carbonyl (C=O) groups excluding carboxylic acids is 1. The first kappa shape index (κ1) is 18.4. The van der Waals surface area contributed by atoms with E-state index in [1.807, 2.05) is 0 Å². The Hall–Kier alpha value is -2.35. The molecule has 2 aromatic rings. The van der Waals surface area contributed by atoms with Gasteiger partial charge >= 0.3 is 6.18 Å². The maximum atomic E-state index is 13.4. The average Bonchev–Trinajstić information content (AvgIpc) is 2.61. The van der Waals surface area contributed by atoms with E-state index in [4.69, 9.17) is 0 Å². The first-order valence-electron chi connectivity index (χ1n) is 7.81. The maximum absolute atomic E-state index is 13.4. The topological polar surface area (TPSA) is 32.7 Å². The summed E-state index contributed by atoms with van der Waals surface area (Å²) in [6.45, 7) is 0.375. The molecule has 0 N–H and O–H groups in total. The Kier molecular flexibility index (Phi) is 5.31. The van der Waals surface area contributed by atoms with Gasteiger partial charge in [-0.3, -0.25) is 9.69 Å². The Morgan fingerprint density at radius 1 is 1.12 bits per heavy atom. The lowest BCUT2D eigenvalue weighted by Gasteiger charge is -2.27. The van der Waals surface area contributed by atoms with Gasteiger partial charge in [0.25, 0.3) is 5.91 Å². The van der Waals surface area contributed by atoms with Gasteiger partial charge in [0.15, 0.2) is 5.17 Å². The zero-order chi connectivity index (χ0) is 18.7. The predicted octanol–water partition coefficient (Wildman–Crippen LogP) is 5.11. The molecule has 2 aromatic carbocycles. The second kappa shape index (κ2) is 7.49. The molecular formula is C18H14F4N2OS. The van der Waals surface area contributed by atoms with Crippen LogP contribution < -0.4 is 0 Å². The molecule has 3 nitrogen and oxygen atoms in total. The van der Waals surface area contributed by atoms with Crippen molar-refractivity contribution in [3.05, 3.63) is 65.5 Å². The molecule has 3 rings (SSSR count). The molecule has 0 radical (unpaired) electrons. The van der Waals surface area contributed by atoms with E-state index in [1.165, 1.54) is 47.0 Å². The van der Waals surface area contributed by atoms with Crippen LogP contribution >= 0.6 is 11.8 Å². The number of hydrogen-bond acceptors (Lipinski definition) is 3. The van der Waals surface area contributed by atoms with Crippen LogP contribution in [-0.4, -0.2) is 28.3 Å². The molecule has 1 saturated heterocycles. The van der Waals surface area contributed by atoms with E-state index in [1.54, 1.807) is 0 Å². The van der Waals surface area contributed by atoms with E-state index in [-0.39, 0.29) is 11.3 Å². The van der Waals surface area contributed by atoms with Crippen LogP contribution in [0.25, 0.3) is 0 Å². The van der Waals surface area contributed by atoms with Crippen LogP contribution in [0.1, 0.15) is 22.3 Å². The van der Waals surface area contributed by atoms with E-state index >= 15 is 0 Å². The molecule has 0 spiro atoms. The van der Waals surface area contributed by atoms with Crippen LogP contribution in [-0.2, 0) is 6.18 Å². The van der Waals surface area contributed by atoms with E-state index in [0.717, 1.165) is 18.2 Å². The zero-order valence-electron chi connectivity index (χ0n) is 13.5. The van der Waals surface area contributed by atoms with Gasteiger partial charge < -0.3 is 0 Å². The van der Waals surface area contributed by atoms with E-state index in [0.29, 0.717) is 23.9 Å². The van der Waals surface area contributed by atoms with E-state index in [9.17, 15) is 22.4 Å². The third kappa shape index (κ3) is 4.24. The highest BCUT2D eigenvalue weighted by Crippen LogP contribution is 2.32. The summed E-state index contributed by atoms with van der Waals surface area (Å²) >= 11 is 1.29. The molecule has 136 valence electrons. The summed E-state index contributed by atoms with van der Waals surface area (Å²) in [7, 11) is 0. The molecule has 0 aromatic heterocycles. The number of amidine groups is 1. The van der Waals surface area contributed by atoms with Crippen molar-refractivity contribution in [2.45, 2.75) is 12.6 Å². The van der Waals surface area contributed by atoms with Crippen molar-refractivity contribution in [1.29, 1.82) is 0 Å². The highest BCUT2D eigenvalue weighted by atomic mass is 32.2. The fourth-order valence-corrected chi connectivity index (χ4v) is 3.44. The molecule has 1 aliphatic heterocycles. The van der Waals surface area contributed by atoms with Crippen LogP contribution in [0, 0.1) is 5.82 Å². The van der Waals surface area contributed by atoms with Gasteiger partial charge in [-0.05, 0) is 42.8 Å². The van der Waals surface area contributed by atoms with Gasteiger partial charge in [-0.2, -0.15) is 13.2 Å². The predicted molar refractivity (Wildman–Crippen MR) is 93.1 cm³/mol. The summed E-state index contributed by atoms with van der Waals surface area (Å²) in [4.78, 5) is 18.3. The molecule has 0 bridgehead atoms. The van der Waals surface area contributed by atoms with Gasteiger partial charge in [-0.15, -0.1) is 0 Å². The van der Waals surface area contributed by atoms with Crippen LogP contribution in [0.5, 0.6) is 0 Å². The highest BCUT2D eigenvalue weighted by molar-refractivity contribution is 8.13. The van der Waals surface area contributed by atoms with Crippen molar-refractivity contribution in [3.8, 4) is 0 Å². The van der Waals surface area contributed by atoms with Gasteiger partial charge in [0.1, 0.15) is 5.82 Å². The number of amides is 1. The smallest absolute Gasteiger partial charge is 0.287 e. The number of hydrogen-bond donors (Lipinski definition) is 0. The number of alkyl halides is 3. The molecule has 1 heterocycles.